The number of ether oxygens (including phenoxy) is 2. The van der Waals surface area contributed by atoms with E-state index in [0.717, 1.165) is 10.9 Å². The van der Waals surface area contributed by atoms with Crippen molar-refractivity contribution in [1.82, 2.24) is 5.32 Å². The first-order chi connectivity index (χ1) is 11.0. The van der Waals surface area contributed by atoms with Gasteiger partial charge in [-0.3, -0.25) is 4.79 Å². The van der Waals surface area contributed by atoms with Crippen LogP contribution in [0.5, 0.6) is 11.5 Å². The van der Waals surface area contributed by atoms with E-state index in [2.05, 4.69) is 21.2 Å². The van der Waals surface area contributed by atoms with Crippen LogP contribution in [0, 0.1) is 0 Å². The third-order valence-electron chi connectivity index (χ3n) is 3.45. The van der Waals surface area contributed by atoms with E-state index in [-0.39, 0.29) is 11.9 Å². The second-order valence-corrected chi connectivity index (χ2v) is 6.22. The Kier molecular flexibility index (Phi) is 6.04. The summed E-state index contributed by atoms with van der Waals surface area (Å²) in [5.41, 5.74) is 1.69. The fraction of sp³-hybridized carbons (Fsp3) is 0.278. The molecule has 122 valence electrons. The van der Waals surface area contributed by atoms with Crippen molar-refractivity contribution in [2.75, 3.05) is 14.2 Å². The summed E-state index contributed by atoms with van der Waals surface area (Å²) in [6.07, 6.45) is 0.764. The van der Waals surface area contributed by atoms with Crippen molar-refractivity contribution in [3.05, 3.63) is 58.1 Å². The van der Waals surface area contributed by atoms with Gasteiger partial charge in [0.25, 0.3) is 5.91 Å². The molecule has 0 heterocycles. The zero-order chi connectivity index (χ0) is 16.8. The number of carbonyl (C=O) groups is 1. The Morgan fingerprint density at radius 1 is 1.09 bits per heavy atom. The lowest BCUT2D eigenvalue weighted by atomic mass is 10.1. The van der Waals surface area contributed by atoms with Gasteiger partial charge in [0, 0.05) is 22.1 Å². The molecule has 1 atom stereocenters. The topological polar surface area (TPSA) is 47.6 Å². The van der Waals surface area contributed by atoms with Crippen LogP contribution in [0.1, 0.15) is 22.8 Å². The predicted molar refractivity (Wildman–Crippen MR) is 94.3 cm³/mol. The van der Waals surface area contributed by atoms with Gasteiger partial charge in [0.15, 0.2) is 0 Å². The largest absolute Gasteiger partial charge is 0.497 e. The molecule has 0 aliphatic rings. The fourth-order valence-corrected chi connectivity index (χ4v) is 2.54. The first-order valence-corrected chi connectivity index (χ1v) is 8.09. The number of amides is 1. The number of methoxy groups -OCH3 is 2. The Balaban J connectivity index is 2.04. The fourth-order valence-electron chi connectivity index (χ4n) is 2.27. The van der Waals surface area contributed by atoms with Gasteiger partial charge in [-0.1, -0.05) is 28.1 Å². The minimum Gasteiger partial charge on any atom is -0.497 e. The van der Waals surface area contributed by atoms with Gasteiger partial charge in [-0.2, -0.15) is 0 Å². The number of hydrogen-bond acceptors (Lipinski definition) is 3. The summed E-state index contributed by atoms with van der Waals surface area (Å²) in [7, 11) is 3.12. The van der Waals surface area contributed by atoms with Crippen LogP contribution in [0.4, 0.5) is 0 Å². The highest BCUT2D eigenvalue weighted by Crippen LogP contribution is 2.22. The Labute approximate surface area is 144 Å². The molecule has 0 radical (unpaired) electrons. The van der Waals surface area contributed by atoms with Gasteiger partial charge in [0.05, 0.1) is 14.2 Å². The highest BCUT2D eigenvalue weighted by molar-refractivity contribution is 9.10. The van der Waals surface area contributed by atoms with Gasteiger partial charge >= 0.3 is 0 Å². The maximum atomic E-state index is 12.4. The number of halogens is 1. The molecule has 0 aliphatic carbocycles. The van der Waals surface area contributed by atoms with E-state index in [4.69, 9.17) is 9.47 Å². The van der Waals surface area contributed by atoms with E-state index < -0.39 is 0 Å². The molecule has 1 N–H and O–H groups in total. The van der Waals surface area contributed by atoms with Crippen LogP contribution in [0.3, 0.4) is 0 Å². The molecule has 1 unspecified atom stereocenters. The van der Waals surface area contributed by atoms with Crippen LogP contribution >= 0.6 is 15.9 Å². The van der Waals surface area contributed by atoms with Crippen LogP contribution in [0.25, 0.3) is 0 Å². The van der Waals surface area contributed by atoms with Crippen molar-refractivity contribution in [3.63, 3.8) is 0 Å². The van der Waals surface area contributed by atoms with E-state index in [9.17, 15) is 4.79 Å². The molecule has 0 saturated carbocycles. The maximum Gasteiger partial charge on any atom is 0.251 e. The normalized spacial score (nSPS) is 11.7. The monoisotopic (exact) mass is 377 g/mol. The second-order valence-electron chi connectivity index (χ2n) is 5.31. The average molecular weight is 378 g/mol. The first-order valence-electron chi connectivity index (χ1n) is 7.30. The average Bonchev–Trinajstić information content (AvgIpc) is 2.56. The highest BCUT2D eigenvalue weighted by atomic mass is 79.9. The summed E-state index contributed by atoms with van der Waals surface area (Å²) in [4.78, 5) is 12.4. The van der Waals surface area contributed by atoms with E-state index in [1.165, 1.54) is 5.56 Å². The quantitative estimate of drug-likeness (QED) is 0.831. The predicted octanol–water partition coefficient (Wildman–Crippen LogP) is 3.83. The number of nitrogens with one attached hydrogen (secondary N) is 1. The zero-order valence-electron chi connectivity index (χ0n) is 13.4. The molecule has 1 amide bonds. The number of hydrogen-bond donors (Lipinski definition) is 1. The molecule has 0 bridgehead atoms. The first kappa shape index (κ1) is 17.3. The van der Waals surface area contributed by atoms with Gasteiger partial charge in [-0.25, -0.2) is 0 Å². The molecule has 4 nitrogen and oxygen atoms in total. The van der Waals surface area contributed by atoms with Crippen molar-refractivity contribution >= 4 is 21.8 Å². The molecule has 23 heavy (non-hydrogen) atoms. The highest BCUT2D eigenvalue weighted by Gasteiger charge is 2.13. The molecule has 2 rings (SSSR count). The zero-order valence-corrected chi connectivity index (χ0v) is 15.0. The minimum atomic E-state index is -0.146. The third-order valence-corrected chi connectivity index (χ3v) is 3.97. The summed E-state index contributed by atoms with van der Waals surface area (Å²) in [6, 6.07) is 13.2. The van der Waals surface area contributed by atoms with Crippen LogP contribution in [-0.4, -0.2) is 26.2 Å². The summed E-state index contributed by atoms with van der Waals surface area (Å²) in [5, 5.41) is 3.00. The van der Waals surface area contributed by atoms with Gasteiger partial charge in [-0.05, 0) is 43.2 Å². The molecule has 5 heteroatoms. The van der Waals surface area contributed by atoms with Crippen molar-refractivity contribution in [2.24, 2.45) is 0 Å². The van der Waals surface area contributed by atoms with E-state index in [1.807, 2.05) is 31.2 Å². The maximum absolute atomic E-state index is 12.4. The van der Waals surface area contributed by atoms with E-state index >= 15 is 0 Å². The molecular formula is C18H20BrNO3. The van der Waals surface area contributed by atoms with Crippen LogP contribution in [0.2, 0.25) is 0 Å². The smallest absolute Gasteiger partial charge is 0.251 e. The molecule has 0 saturated heterocycles. The molecule has 0 aliphatic heterocycles. The SMILES string of the molecule is COc1cc(OC)cc(C(=O)NC(C)Cc2ccc(Br)cc2)c1. The van der Waals surface area contributed by atoms with Crippen molar-refractivity contribution in [3.8, 4) is 11.5 Å². The molecule has 2 aromatic carbocycles. The van der Waals surface area contributed by atoms with Crippen LogP contribution in [-0.2, 0) is 6.42 Å². The molecule has 0 aromatic heterocycles. The number of carbonyl (C=O) groups excluding carboxylic acids is 1. The second kappa shape index (κ2) is 8.02. The van der Waals surface area contributed by atoms with Crippen LogP contribution < -0.4 is 14.8 Å². The third kappa shape index (κ3) is 4.99. The minimum absolute atomic E-state index is 0.0147. The van der Waals surface area contributed by atoms with E-state index in [0.29, 0.717) is 17.1 Å². The Morgan fingerprint density at radius 2 is 1.65 bits per heavy atom. The molecular weight excluding hydrogens is 358 g/mol. The Hall–Kier alpha value is -2.01. The standard InChI is InChI=1S/C18H20BrNO3/c1-12(8-13-4-6-15(19)7-5-13)20-18(21)14-9-16(22-2)11-17(10-14)23-3/h4-7,9-12H,8H2,1-3H3,(H,20,21). The van der Waals surface area contributed by atoms with Crippen molar-refractivity contribution in [1.29, 1.82) is 0 Å². The molecule has 0 spiro atoms. The lowest BCUT2D eigenvalue weighted by Gasteiger charge is -2.15. The lowest BCUT2D eigenvalue weighted by Crippen LogP contribution is -2.34. The molecule has 2 aromatic rings. The van der Waals surface area contributed by atoms with Gasteiger partial charge in [0.1, 0.15) is 11.5 Å². The van der Waals surface area contributed by atoms with E-state index in [1.54, 1.807) is 32.4 Å². The number of benzene rings is 2. The van der Waals surface area contributed by atoms with Crippen molar-refractivity contribution in [2.45, 2.75) is 19.4 Å². The van der Waals surface area contributed by atoms with Gasteiger partial charge < -0.3 is 14.8 Å². The Bertz CT molecular complexity index is 648. The summed E-state index contributed by atoms with van der Waals surface area (Å²) < 4.78 is 11.4. The van der Waals surface area contributed by atoms with Crippen molar-refractivity contribution < 1.29 is 14.3 Å². The van der Waals surface area contributed by atoms with Gasteiger partial charge in [0.2, 0.25) is 0 Å². The lowest BCUT2D eigenvalue weighted by molar-refractivity contribution is 0.0939. The summed E-state index contributed by atoms with van der Waals surface area (Å²) in [5.74, 6) is 1.04. The molecule has 0 fully saturated rings. The Morgan fingerprint density at radius 3 is 2.17 bits per heavy atom. The summed E-state index contributed by atoms with van der Waals surface area (Å²) in [6.45, 7) is 1.98. The van der Waals surface area contributed by atoms with Gasteiger partial charge in [-0.15, -0.1) is 0 Å². The van der Waals surface area contributed by atoms with Crippen LogP contribution in [0.15, 0.2) is 46.9 Å². The number of rotatable bonds is 6. The summed E-state index contributed by atoms with van der Waals surface area (Å²) >= 11 is 3.42.